The van der Waals surface area contributed by atoms with Crippen LogP contribution in [0.4, 0.5) is 19.0 Å². The van der Waals surface area contributed by atoms with Gasteiger partial charge in [0.2, 0.25) is 0 Å². The minimum Gasteiger partial charge on any atom is -0.402 e. The third-order valence-electron chi connectivity index (χ3n) is 7.27. The first-order valence-corrected chi connectivity index (χ1v) is 13.4. The van der Waals surface area contributed by atoms with E-state index >= 15 is 0 Å². The van der Waals surface area contributed by atoms with Gasteiger partial charge in [-0.05, 0) is 44.6 Å². The van der Waals surface area contributed by atoms with E-state index in [4.69, 9.17) is 10.7 Å². The Morgan fingerprint density at radius 3 is 2.50 bits per heavy atom. The van der Waals surface area contributed by atoms with Crippen LogP contribution < -0.4 is 10.5 Å². The zero-order valence-electron chi connectivity index (χ0n) is 18.7. The molecule has 5 rings (SSSR count). The Labute approximate surface area is 196 Å². The first-order valence-electron chi connectivity index (χ1n) is 11.6. The smallest absolute Gasteiger partial charge is 0.402 e. The van der Waals surface area contributed by atoms with Crippen molar-refractivity contribution in [2.24, 2.45) is 0 Å². The monoisotopic (exact) mass is 499 g/mol. The molecule has 2 aromatic rings. The lowest BCUT2D eigenvalue weighted by Crippen LogP contribution is -2.58. The summed E-state index contributed by atoms with van der Waals surface area (Å²) in [5.74, 6) is 0.826. The molecule has 0 unspecified atom stereocenters. The molecule has 1 saturated heterocycles. The van der Waals surface area contributed by atoms with Crippen LogP contribution in [0.25, 0.3) is 11.3 Å². The number of hydrogen-bond donors (Lipinski definition) is 1. The number of rotatable bonds is 7. The minimum atomic E-state index is -4.86. The second-order valence-electron chi connectivity index (χ2n) is 9.57. The van der Waals surface area contributed by atoms with Gasteiger partial charge in [-0.1, -0.05) is 0 Å². The molecule has 3 aliphatic rings. The SMILES string of the molecule is Nc1ncc(-c2cn(CCC3(N4CCS(=O)(=O)CC4)CCC3)c(C3CC3)n2)cc1OC(F)(F)F. The number of imidazole rings is 1. The van der Waals surface area contributed by atoms with Gasteiger partial charge in [0.25, 0.3) is 0 Å². The number of nitrogens with two attached hydrogens (primary N) is 1. The molecular weight excluding hydrogens is 471 g/mol. The molecule has 0 aromatic carbocycles. The maximum Gasteiger partial charge on any atom is 0.573 e. The number of halogens is 3. The van der Waals surface area contributed by atoms with E-state index in [9.17, 15) is 21.6 Å². The Bertz CT molecular complexity index is 1160. The van der Waals surface area contributed by atoms with Gasteiger partial charge in [-0.3, -0.25) is 4.90 Å². The van der Waals surface area contributed by atoms with Gasteiger partial charge in [0, 0.05) is 49.0 Å². The fourth-order valence-corrected chi connectivity index (χ4v) is 6.24. The summed E-state index contributed by atoms with van der Waals surface area (Å²) >= 11 is 0. The maximum absolute atomic E-state index is 12.7. The van der Waals surface area contributed by atoms with Crippen LogP contribution >= 0.6 is 0 Å². The molecule has 1 aliphatic heterocycles. The number of nitrogens with zero attached hydrogens (tertiary/aromatic N) is 4. The van der Waals surface area contributed by atoms with Gasteiger partial charge in [-0.2, -0.15) is 0 Å². The molecule has 2 saturated carbocycles. The molecule has 3 heterocycles. The number of hydrogen-bond acceptors (Lipinski definition) is 7. The van der Waals surface area contributed by atoms with Crippen LogP contribution in [-0.4, -0.2) is 64.3 Å². The van der Waals surface area contributed by atoms with Crippen molar-refractivity contribution in [3.8, 4) is 17.0 Å². The Kier molecular flexibility index (Phi) is 5.78. The van der Waals surface area contributed by atoms with E-state index in [2.05, 4.69) is 19.2 Å². The van der Waals surface area contributed by atoms with Crippen LogP contribution in [0.5, 0.6) is 5.75 Å². The first-order chi connectivity index (χ1) is 16.0. The average molecular weight is 500 g/mol. The summed E-state index contributed by atoms with van der Waals surface area (Å²) in [4.78, 5) is 10.9. The van der Waals surface area contributed by atoms with Crippen molar-refractivity contribution in [3.63, 3.8) is 0 Å². The normalized spacial score (nSPS) is 22.3. The van der Waals surface area contributed by atoms with Gasteiger partial charge in [0.1, 0.15) is 5.82 Å². The molecule has 0 bridgehead atoms. The third kappa shape index (κ3) is 4.88. The standard InChI is InChI=1S/C22H28F3N5O3S/c23-22(24,25)33-18-12-16(13-27-19(18)26)17-14-29(20(28-17)15-2-3-15)7-6-21(4-1-5-21)30-8-10-34(31,32)11-9-30/h12-15H,1-11H2,(H2,26,27). The largest absolute Gasteiger partial charge is 0.573 e. The highest BCUT2D eigenvalue weighted by Crippen LogP contribution is 2.44. The molecule has 12 heteroatoms. The Morgan fingerprint density at radius 2 is 1.91 bits per heavy atom. The average Bonchev–Trinajstić information content (AvgIpc) is 3.48. The molecule has 186 valence electrons. The molecule has 8 nitrogen and oxygen atoms in total. The van der Waals surface area contributed by atoms with Crippen LogP contribution in [0.3, 0.4) is 0 Å². The highest BCUT2D eigenvalue weighted by molar-refractivity contribution is 7.91. The van der Waals surface area contributed by atoms with Crippen LogP contribution in [0.1, 0.15) is 50.3 Å². The molecule has 2 aromatic heterocycles. The number of sulfone groups is 1. The van der Waals surface area contributed by atoms with Crippen LogP contribution in [0.15, 0.2) is 18.5 Å². The molecule has 2 N–H and O–H groups in total. The van der Waals surface area contributed by atoms with Gasteiger partial charge in [0.05, 0.1) is 17.2 Å². The topological polar surface area (TPSA) is 103 Å². The van der Waals surface area contributed by atoms with E-state index in [1.807, 2.05) is 6.20 Å². The van der Waals surface area contributed by atoms with E-state index < -0.39 is 21.9 Å². The number of ether oxygens (including phenoxy) is 1. The van der Waals surface area contributed by atoms with Gasteiger partial charge in [-0.25, -0.2) is 18.4 Å². The first kappa shape index (κ1) is 23.4. The van der Waals surface area contributed by atoms with E-state index in [0.29, 0.717) is 30.3 Å². The Balaban J connectivity index is 1.36. The summed E-state index contributed by atoms with van der Waals surface area (Å²) in [7, 11) is -2.93. The zero-order valence-corrected chi connectivity index (χ0v) is 19.5. The number of nitrogen functional groups attached to an aromatic ring is 1. The fourth-order valence-electron chi connectivity index (χ4n) is 5.04. The Morgan fingerprint density at radius 1 is 1.21 bits per heavy atom. The van der Waals surface area contributed by atoms with Crippen molar-refractivity contribution in [2.75, 3.05) is 30.3 Å². The lowest BCUT2D eigenvalue weighted by atomic mass is 9.72. The van der Waals surface area contributed by atoms with E-state index in [-0.39, 0.29) is 22.9 Å². The molecule has 0 atom stereocenters. The van der Waals surface area contributed by atoms with Crippen molar-refractivity contribution < 1.29 is 26.3 Å². The molecule has 3 fully saturated rings. The van der Waals surface area contributed by atoms with Gasteiger partial charge < -0.3 is 15.0 Å². The lowest BCUT2D eigenvalue weighted by molar-refractivity contribution is -0.274. The third-order valence-corrected chi connectivity index (χ3v) is 8.88. The van der Waals surface area contributed by atoms with Gasteiger partial charge in [-0.15, -0.1) is 13.2 Å². The number of aromatic nitrogens is 3. The maximum atomic E-state index is 12.7. The molecular formula is C22H28F3N5O3S. The molecule has 0 radical (unpaired) electrons. The van der Waals surface area contributed by atoms with Crippen molar-refractivity contribution in [1.29, 1.82) is 0 Å². The lowest BCUT2D eigenvalue weighted by Gasteiger charge is -2.52. The van der Waals surface area contributed by atoms with E-state index in [0.717, 1.165) is 50.9 Å². The molecule has 0 amide bonds. The minimum absolute atomic E-state index is 0.0116. The summed E-state index contributed by atoms with van der Waals surface area (Å²) in [6.07, 6.45) is 4.59. The second-order valence-corrected chi connectivity index (χ2v) is 11.9. The van der Waals surface area contributed by atoms with Crippen LogP contribution in [0.2, 0.25) is 0 Å². The number of aryl methyl sites for hydroxylation is 1. The van der Waals surface area contributed by atoms with Crippen molar-refractivity contribution >= 4 is 15.7 Å². The van der Waals surface area contributed by atoms with Gasteiger partial charge in [0.15, 0.2) is 21.4 Å². The molecule has 34 heavy (non-hydrogen) atoms. The van der Waals surface area contributed by atoms with Crippen molar-refractivity contribution in [3.05, 3.63) is 24.3 Å². The van der Waals surface area contributed by atoms with Crippen molar-refractivity contribution in [2.45, 2.75) is 62.9 Å². The molecule has 2 aliphatic carbocycles. The highest BCUT2D eigenvalue weighted by atomic mass is 32.2. The quantitative estimate of drug-likeness (QED) is 0.623. The number of pyridine rings is 1. The summed E-state index contributed by atoms with van der Waals surface area (Å²) < 4.78 is 68.0. The predicted octanol–water partition coefficient (Wildman–Crippen LogP) is 3.35. The predicted molar refractivity (Wildman–Crippen MR) is 120 cm³/mol. The number of alkyl halides is 3. The van der Waals surface area contributed by atoms with E-state index in [1.165, 1.54) is 12.3 Å². The fraction of sp³-hybridized carbons (Fsp3) is 0.636. The Hall–Kier alpha value is -2.34. The summed E-state index contributed by atoms with van der Waals surface area (Å²) in [6.45, 7) is 1.87. The number of anilines is 1. The van der Waals surface area contributed by atoms with E-state index in [1.54, 1.807) is 0 Å². The van der Waals surface area contributed by atoms with Gasteiger partial charge >= 0.3 is 6.36 Å². The summed E-state index contributed by atoms with van der Waals surface area (Å²) in [6, 6.07) is 1.22. The second kappa shape index (κ2) is 8.40. The zero-order chi connectivity index (χ0) is 24.1. The molecule has 0 spiro atoms. The van der Waals surface area contributed by atoms with Crippen molar-refractivity contribution in [1.82, 2.24) is 19.4 Å². The highest BCUT2D eigenvalue weighted by Gasteiger charge is 2.44. The van der Waals surface area contributed by atoms with Crippen LogP contribution in [0, 0.1) is 0 Å². The summed E-state index contributed by atoms with van der Waals surface area (Å²) in [5.41, 5.74) is 6.53. The summed E-state index contributed by atoms with van der Waals surface area (Å²) in [5, 5.41) is 0. The van der Waals surface area contributed by atoms with Crippen LogP contribution in [-0.2, 0) is 16.4 Å².